The molecule has 0 radical (unpaired) electrons. The van der Waals surface area contributed by atoms with E-state index < -0.39 is 12.7 Å². The smallest absolute Gasteiger partial charge is 0.387 e. The third-order valence-corrected chi connectivity index (χ3v) is 4.45. The monoisotopic (exact) mass is 392 g/mol. The fourth-order valence-electron chi connectivity index (χ4n) is 3.05. The summed E-state index contributed by atoms with van der Waals surface area (Å²) in [5.74, 6) is 0.0232. The number of alkyl halides is 2. The van der Waals surface area contributed by atoms with Crippen LogP contribution in [-0.2, 0) is 11.3 Å². The van der Waals surface area contributed by atoms with E-state index in [-0.39, 0.29) is 24.0 Å². The first-order valence-corrected chi connectivity index (χ1v) is 9.18. The van der Waals surface area contributed by atoms with Crippen molar-refractivity contribution in [1.82, 2.24) is 10.2 Å². The second-order valence-electron chi connectivity index (χ2n) is 6.12. The largest absolute Gasteiger partial charge is 0.493 e. The van der Waals surface area contributed by atoms with Crippen LogP contribution in [0.25, 0.3) is 0 Å². The van der Waals surface area contributed by atoms with Crippen molar-refractivity contribution < 1.29 is 23.0 Å². The normalized spacial score (nSPS) is 12.1. The highest BCUT2D eigenvalue weighted by Crippen LogP contribution is 2.29. The average Bonchev–Trinajstić information content (AvgIpc) is 2.71. The molecule has 0 fully saturated rings. The number of nitrogens with zero attached hydrogens (tertiary/aromatic N) is 1. The molecule has 152 valence electrons. The highest BCUT2D eigenvalue weighted by Gasteiger charge is 2.25. The summed E-state index contributed by atoms with van der Waals surface area (Å²) in [6, 6.07) is 13.8. The topological polar surface area (TPSA) is 50.8 Å². The molecule has 2 aromatic rings. The van der Waals surface area contributed by atoms with Crippen molar-refractivity contribution in [2.45, 2.75) is 33.0 Å². The Morgan fingerprint density at radius 1 is 1.07 bits per heavy atom. The van der Waals surface area contributed by atoms with Gasteiger partial charge < -0.3 is 14.8 Å². The number of hydrogen-bond acceptors (Lipinski definition) is 4. The highest BCUT2D eigenvalue weighted by atomic mass is 19.3. The molecule has 2 aromatic carbocycles. The van der Waals surface area contributed by atoms with E-state index in [4.69, 9.17) is 4.74 Å². The lowest BCUT2D eigenvalue weighted by Crippen LogP contribution is -2.40. The van der Waals surface area contributed by atoms with Crippen molar-refractivity contribution in [2.75, 3.05) is 20.2 Å². The molecule has 1 unspecified atom stereocenters. The number of rotatable bonds is 10. The number of benzene rings is 2. The molecule has 0 saturated carbocycles. The maximum absolute atomic E-state index is 12.9. The summed E-state index contributed by atoms with van der Waals surface area (Å²) in [6.45, 7) is 2.81. The summed E-state index contributed by atoms with van der Waals surface area (Å²) < 4.78 is 34.4. The van der Waals surface area contributed by atoms with Crippen LogP contribution in [0.5, 0.6) is 11.5 Å². The molecular weight excluding hydrogens is 366 g/mol. The van der Waals surface area contributed by atoms with Crippen molar-refractivity contribution >= 4 is 5.91 Å². The fraction of sp³-hybridized carbons (Fsp3) is 0.381. The quantitative estimate of drug-likeness (QED) is 0.664. The van der Waals surface area contributed by atoms with Gasteiger partial charge in [0.2, 0.25) is 5.91 Å². The third-order valence-electron chi connectivity index (χ3n) is 4.45. The van der Waals surface area contributed by atoms with E-state index >= 15 is 0 Å². The van der Waals surface area contributed by atoms with E-state index in [0.29, 0.717) is 0 Å². The molecule has 2 rings (SSSR count). The Bertz CT molecular complexity index is 753. The van der Waals surface area contributed by atoms with Crippen LogP contribution < -0.4 is 14.8 Å². The van der Waals surface area contributed by atoms with Gasteiger partial charge in [-0.15, -0.1) is 0 Å². The minimum Gasteiger partial charge on any atom is -0.493 e. The van der Waals surface area contributed by atoms with Crippen LogP contribution in [-0.4, -0.2) is 37.6 Å². The zero-order valence-corrected chi connectivity index (χ0v) is 16.3. The minimum atomic E-state index is -2.93. The first-order chi connectivity index (χ1) is 13.5. The summed E-state index contributed by atoms with van der Waals surface area (Å²) in [7, 11) is 1.38. The fourth-order valence-corrected chi connectivity index (χ4v) is 3.05. The van der Waals surface area contributed by atoms with Crippen LogP contribution in [0.2, 0.25) is 0 Å². The summed E-state index contributed by atoms with van der Waals surface area (Å²) in [5, 5.41) is 2.93. The highest BCUT2D eigenvalue weighted by molar-refractivity contribution is 5.83. The van der Waals surface area contributed by atoms with Crippen molar-refractivity contribution in [1.29, 1.82) is 0 Å². The van der Waals surface area contributed by atoms with Crippen LogP contribution in [0, 0.1) is 0 Å². The molecule has 7 heteroatoms. The Morgan fingerprint density at radius 2 is 1.75 bits per heavy atom. The summed E-state index contributed by atoms with van der Waals surface area (Å²) >= 11 is 0. The van der Waals surface area contributed by atoms with Gasteiger partial charge in [-0.1, -0.05) is 50.2 Å². The molecule has 28 heavy (non-hydrogen) atoms. The molecule has 0 spiro atoms. The van der Waals surface area contributed by atoms with Crippen molar-refractivity contribution in [2.24, 2.45) is 0 Å². The van der Waals surface area contributed by atoms with Crippen LogP contribution in [0.3, 0.4) is 0 Å². The zero-order chi connectivity index (χ0) is 20.5. The number of carbonyl (C=O) groups excluding carboxylic acids is 1. The molecule has 0 aromatic heterocycles. The van der Waals surface area contributed by atoms with E-state index in [1.165, 1.54) is 13.2 Å². The molecule has 0 heterocycles. The number of halogens is 2. The molecule has 1 atom stereocenters. The van der Waals surface area contributed by atoms with Crippen molar-refractivity contribution in [3.05, 3.63) is 59.7 Å². The van der Waals surface area contributed by atoms with Gasteiger partial charge in [0.05, 0.1) is 7.11 Å². The Hall–Kier alpha value is -2.67. The van der Waals surface area contributed by atoms with E-state index in [1.54, 1.807) is 12.1 Å². The summed E-state index contributed by atoms with van der Waals surface area (Å²) in [5.41, 5.74) is 1.64. The van der Waals surface area contributed by atoms with Gasteiger partial charge in [0.1, 0.15) is 6.04 Å². The molecule has 1 amide bonds. The molecule has 0 aliphatic carbocycles. The predicted octanol–water partition coefficient (Wildman–Crippen LogP) is 4.00. The molecule has 0 aliphatic heterocycles. The lowest BCUT2D eigenvalue weighted by atomic mass is 10.0. The number of ether oxygens (including phenoxy) is 2. The maximum Gasteiger partial charge on any atom is 0.387 e. The average molecular weight is 392 g/mol. The Balaban J connectivity index is 2.14. The van der Waals surface area contributed by atoms with E-state index in [9.17, 15) is 13.6 Å². The predicted molar refractivity (Wildman–Crippen MR) is 104 cm³/mol. The molecule has 0 saturated heterocycles. The van der Waals surface area contributed by atoms with Gasteiger partial charge in [0, 0.05) is 6.54 Å². The van der Waals surface area contributed by atoms with Crippen LogP contribution >= 0.6 is 0 Å². The second-order valence-corrected chi connectivity index (χ2v) is 6.12. The standard InChI is InChI=1S/C21H26F2N2O3/c1-4-25(5-2)19(16-9-7-6-8-10-16)20(26)24-14-15-11-12-17(28-21(22)23)18(13-15)27-3/h6-13,19,21H,4-5,14H2,1-3H3,(H,24,26). The maximum atomic E-state index is 12.9. The Kier molecular flexibility index (Phi) is 8.19. The number of carbonyl (C=O) groups is 1. The van der Waals surface area contributed by atoms with Gasteiger partial charge in [-0.2, -0.15) is 8.78 Å². The van der Waals surface area contributed by atoms with Crippen LogP contribution in [0.15, 0.2) is 48.5 Å². The molecule has 0 aliphatic rings. The molecule has 1 N–H and O–H groups in total. The Labute approximate surface area is 164 Å². The lowest BCUT2D eigenvalue weighted by molar-refractivity contribution is -0.126. The van der Waals surface area contributed by atoms with Crippen LogP contribution in [0.1, 0.15) is 31.0 Å². The van der Waals surface area contributed by atoms with Crippen LogP contribution in [0.4, 0.5) is 8.78 Å². The van der Waals surface area contributed by atoms with Crippen molar-refractivity contribution in [3.8, 4) is 11.5 Å². The van der Waals surface area contributed by atoms with E-state index in [0.717, 1.165) is 24.2 Å². The lowest BCUT2D eigenvalue weighted by Gasteiger charge is -2.29. The molecule has 0 bridgehead atoms. The third kappa shape index (κ3) is 5.66. The van der Waals surface area contributed by atoms with Gasteiger partial charge in [0.15, 0.2) is 11.5 Å². The van der Waals surface area contributed by atoms with Gasteiger partial charge in [-0.05, 0) is 36.3 Å². The van der Waals surface area contributed by atoms with Crippen molar-refractivity contribution in [3.63, 3.8) is 0 Å². The molecule has 5 nitrogen and oxygen atoms in total. The summed E-state index contributed by atoms with van der Waals surface area (Å²) in [4.78, 5) is 15.0. The first-order valence-electron chi connectivity index (χ1n) is 9.18. The number of amides is 1. The van der Waals surface area contributed by atoms with Gasteiger partial charge in [-0.3, -0.25) is 9.69 Å². The van der Waals surface area contributed by atoms with Gasteiger partial charge in [0.25, 0.3) is 0 Å². The van der Waals surface area contributed by atoms with Gasteiger partial charge >= 0.3 is 6.61 Å². The van der Waals surface area contributed by atoms with E-state index in [1.807, 2.05) is 44.2 Å². The van der Waals surface area contributed by atoms with E-state index in [2.05, 4.69) is 15.0 Å². The minimum absolute atomic E-state index is 0.0436. The second kappa shape index (κ2) is 10.6. The zero-order valence-electron chi connectivity index (χ0n) is 16.3. The Morgan fingerprint density at radius 3 is 2.32 bits per heavy atom. The number of hydrogen-bond donors (Lipinski definition) is 1. The number of likely N-dealkylation sites (N-methyl/N-ethyl adjacent to an activating group) is 1. The first kappa shape index (κ1) is 21.6. The van der Waals surface area contributed by atoms with Gasteiger partial charge in [-0.25, -0.2) is 0 Å². The number of nitrogens with one attached hydrogen (secondary N) is 1. The SMILES string of the molecule is CCN(CC)C(C(=O)NCc1ccc(OC(F)F)c(OC)c1)c1ccccc1. The molecular formula is C21H26F2N2O3. The summed E-state index contributed by atoms with van der Waals surface area (Å²) in [6.07, 6.45) is 0. The number of methoxy groups -OCH3 is 1.